The van der Waals surface area contributed by atoms with E-state index in [1.165, 1.54) is 23.1 Å². The first-order valence-electron chi connectivity index (χ1n) is 5.11. The summed E-state index contributed by atoms with van der Waals surface area (Å²) < 4.78 is 1.35. The van der Waals surface area contributed by atoms with Gasteiger partial charge in [-0.05, 0) is 12.5 Å². The summed E-state index contributed by atoms with van der Waals surface area (Å²) in [5.74, 6) is 0.254. The number of nitrogens with one attached hydrogen (secondary N) is 1. The fourth-order valence-electron chi connectivity index (χ4n) is 1.61. The van der Waals surface area contributed by atoms with Crippen LogP contribution in [0.5, 0.6) is 0 Å². The van der Waals surface area contributed by atoms with Gasteiger partial charge in [-0.3, -0.25) is 4.79 Å². The van der Waals surface area contributed by atoms with E-state index in [1.807, 2.05) is 0 Å². The minimum absolute atomic E-state index is 0.254. The third-order valence-electron chi connectivity index (χ3n) is 2.54. The van der Waals surface area contributed by atoms with Crippen LogP contribution in [0.1, 0.15) is 18.1 Å². The quantitative estimate of drug-likeness (QED) is 0.675. The van der Waals surface area contributed by atoms with E-state index in [2.05, 4.69) is 10.1 Å². The summed E-state index contributed by atoms with van der Waals surface area (Å²) in [5, 5.41) is 23.4. The van der Waals surface area contributed by atoms with Crippen LogP contribution < -0.4 is 5.56 Å². The highest BCUT2D eigenvalue weighted by molar-refractivity contribution is 6.17. The average Bonchev–Trinajstić information content (AvgIpc) is 2.73. The van der Waals surface area contributed by atoms with Crippen molar-refractivity contribution < 1.29 is 10.2 Å². The first-order valence-corrected chi connectivity index (χ1v) is 5.65. The molecule has 0 spiro atoms. The van der Waals surface area contributed by atoms with Gasteiger partial charge >= 0.3 is 0 Å². The number of aliphatic hydroxyl groups is 2. The fraction of sp³-hybridized carbons (Fsp3) is 0.400. The van der Waals surface area contributed by atoms with E-state index in [4.69, 9.17) is 11.6 Å². The number of hydrogen-bond donors (Lipinski definition) is 3. The van der Waals surface area contributed by atoms with Crippen molar-refractivity contribution in [1.82, 2.24) is 14.6 Å². The summed E-state index contributed by atoms with van der Waals surface area (Å²) in [6.45, 7) is 0. The zero-order chi connectivity index (χ0) is 12.4. The van der Waals surface area contributed by atoms with Gasteiger partial charge in [0.25, 0.3) is 5.56 Å². The molecule has 0 amide bonds. The number of rotatable bonds is 4. The molecule has 2 heterocycles. The van der Waals surface area contributed by atoms with E-state index in [0.29, 0.717) is 11.1 Å². The lowest BCUT2D eigenvalue weighted by Gasteiger charge is -2.14. The van der Waals surface area contributed by atoms with Crippen LogP contribution in [-0.4, -0.2) is 36.8 Å². The van der Waals surface area contributed by atoms with Crippen LogP contribution >= 0.6 is 11.6 Å². The second-order valence-electron chi connectivity index (χ2n) is 3.71. The van der Waals surface area contributed by atoms with Crippen molar-refractivity contribution in [1.29, 1.82) is 0 Å². The van der Waals surface area contributed by atoms with Crippen molar-refractivity contribution in [2.75, 3.05) is 5.88 Å². The Balaban J connectivity index is 2.36. The molecular weight excluding hydrogens is 246 g/mol. The van der Waals surface area contributed by atoms with E-state index in [0.717, 1.165) is 0 Å². The van der Waals surface area contributed by atoms with Gasteiger partial charge in [0.1, 0.15) is 17.9 Å². The zero-order valence-corrected chi connectivity index (χ0v) is 9.63. The number of hydrogen-bond acceptors (Lipinski definition) is 4. The predicted molar refractivity (Wildman–Crippen MR) is 62.1 cm³/mol. The van der Waals surface area contributed by atoms with Crippen LogP contribution in [0, 0.1) is 0 Å². The van der Waals surface area contributed by atoms with E-state index in [-0.39, 0.29) is 17.9 Å². The fourth-order valence-corrected chi connectivity index (χ4v) is 1.84. The number of aromatic nitrogens is 3. The summed E-state index contributed by atoms with van der Waals surface area (Å²) in [6, 6.07) is 1.49. The van der Waals surface area contributed by atoms with Crippen LogP contribution in [0.25, 0.3) is 5.52 Å². The number of H-pyrrole nitrogens is 1. The molecule has 0 aliphatic carbocycles. The lowest BCUT2D eigenvalue weighted by molar-refractivity contribution is 0.0170. The van der Waals surface area contributed by atoms with Crippen LogP contribution in [0.15, 0.2) is 23.4 Å². The van der Waals surface area contributed by atoms with Crippen molar-refractivity contribution in [2.24, 2.45) is 0 Å². The Kier molecular flexibility index (Phi) is 3.46. The number of alkyl halides is 1. The van der Waals surface area contributed by atoms with Crippen LogP contribution in [0.2, 0.25) is 0 Å². The summed E-state index contributed by atoms with van der Waals surface area (Å²) >= 11 is 5.49. The normalized spacial score (nSPS) is 15.0. The molecule has 2 rings (SSSR count). The highest BCUT2D eigenvalue weighted by atomic mass is 35.5. The van der Waals surface area contributed by atoms with Crippen molar-refractivity contribution in [2.45, 2.75) is 18.6 Å². The number of halogens is 1. The monoisotopic (exact) mass is 257 g/mol. The molecule has 92 valence electrons. The van der Waals surface area contributed by atoms with Crippen molar-refractivity contribution in [3.8, 4) is 0 Å². The molecule has 7 heteroatoms. The molecule has 2 aromatic rings. The molecule has 0 saturated heterocycles. The zero-order valence-electron chi connectivity index (χ0n) is 8.88. The molecule has 3 N–H and O–H groups in total. The first-order chi connectivity index (χ1) is 8.13. The summed E-state index contributed by atoms with van der Waals surface area (Å²) in [6.07, 6.45) is 1.02. The SMILES string of the molecule is O=c1[nH]cnn2cc(C(O)C(O)CCCl)cc12. The summed E-state index contributed by atoms with van der Waals surface area (Å²) in [4.78, 5) is 13.9. The number of fused-ring (bicyclic) bond motifs is 1. The van der Waals surface area contributed by atoms with Gasteiger partial charge in [-0.25, -0.2) is 4.52 Å². The Hall–Kier alpha value is -1.37. The molecule has 2 atom stereocenters. The van der Waals surface area contributed by atoms with Crippen molar-refractivity contribution in [3.63, 3.8) is 0 Å². The second-order valence-corrected chi connectivity index (χ2v) is 4.09. The molecule has 2 aromatic heterocycles. The topological polar surface area (TPSA) is 90.6 Å². The van der Waals surface area contributed by atoms with E-state index >= 15 is 0 Å². The number of aliphatic hydroxyl groups excluding tert-OH is 2. The van der Waals surface area contributed by atoms with Gasteiger partial charge in [-0.2, -0.15) is 5.10 Å². The Morgan fingerprint density at radius 3 is 2.94 bits per heavy atom. The Morgan fingerprint density at radius 2 is 2.29 bits per heavy atom. The first kappa shape index (κ1) is 12.1. The Morgan fingerprint density at radius 1 is 1.53 bits per heavy atom. The molecule has 0 radical (unpaired) electrons. The third kappa shape index (κ3) is 2.33. The lowest BCUT2D eigenvalue weighted by atomic mass is 10.1. The van der Waals surface area contributed by atoms with Gasteiger partial charge in [0.15, 0.2) is 0 Å². The van der Waals surface area contributed by atoms with Crippen molar-refractivity contribution >= 4 is 17.1 Å². The highest BCUT2D eigenvalue weighted by Crippen LogP contribution is 2.20. The third-order valence-corrected chi connectivity index (χ3v) is 2.76. The molecule has 0 fully saturated rings. The second kappa shape index (κ2) is 4.87. The lowest BCUT2D eigenvalue weighted by Crippen LogP contribution is -2.18. The highest BCUT2D eigenvalue weighted by Gasteiger charge is 2.19. The van der Waals surface area contributed by atoms with Crippen LogP contribution in [-0.2, 0) is 0 Å². The molecule has 17 heavy (non-hydrogen) atoms. The van der Waals surface area contributed by atoms with Crippen LogP contribution in [0.3, 0.4) is 0 Å². The predicted octanol–water partition coefficient (Wildman–Crippen LogP) is 0.0458. The standard InChI is InChI=1S/C10H12ClN3O3/c11-2-1-8(15)9(16)6-3-7-10(17)12-5-13-14(7)4-6/h3-5,8-9,15-16H,1-2H2,(H,12,13,17). The minimum Gasteiger partial charge on any atom is -0.390 e. The number of aromatic amines is 1. The maximum absolute atomic E-state index is 11.4. The Bertz CT molecular complexity index is 565. The van der Waals surface area contributed by atoms with Gasteiger partial charge in [0.2, 0.25) is 0 Å². The van der Waals surface area contributed by atoms with E-state index in [9.17, 15) is 15.0 Å². The summed E-state index contributed by atoms with van der Waals surface area (Å²) in [5.41, 5.74) is 0.455. The van der Waals surface area contributed by atoms with Gasteiger partial charge in [0, 0.05) is 17.6 Å². The summed E-state index contributed by atoms with van der Waals surface area (Å²) in [7, 11) is 0. The molecule has 0 saturated carbocycles. The molecular formula is C10H12ClN3O3. The van der Waals surface area contributed by atoms with E-state index < -0.39 is 12.2 Å². The van der Waals surface area contributed by atoms with Gasteiger partial charge < -0.3 is 15.2 Å². The maximum Gasteiger partial charge on any atom is 0.275 e. The average molecular weight is 258 g/mol. The van der Waals surface area contributed by atoms with E-state index in [1.54, 1.807) is 0 Å². The molecule has 0 aromatic carbocycles. The van der Waals surface area contributed by atoms with Crippen molar-refractivity contribution in [3.05, 3.63) is 34.5 Å². The van der Waals surface area contributed by atoms with Crippen LogP contribution in [0.4, 0.5) is 0 Å². The molecule has 2 unspecified atom stereocenters. The number of nitrogens with zero attached hydrogens (tertiary/aromatic N) is 2. The maximum atomic E-state index is 11.4. The van der Waals surface area contributed by atoms with Gasteiger partial charge in [-0.1, -0.05) is 0 Å². The molecule has 6 nitrogen and oxygen atoms in total. The molecule has 0 aliphatic rings. The smallest absolute Gasteiger partial charge is 0.275 e. The molecule has 0 aliphatic heterocycles. The minimum atomic E-state index is -1.07. The molecule has 0 bridgehead atoms. The Labute approximate surface area is 101 Å². The largest absolute Gasteiger partial charge is 0.390 e. The van der Waals surface area contributed by atoms with Gasteiger partial charge in [-0.15, -0.1) is 11.6 Å². The van der Waals surface area contributed by atoms with Gasteiger partial charge in [0.05, 0.1) is 6.10 Å².